The number of aromatic nitrogens is 1. The van der Waals surface area contributed by atoms with Gasteiger partial charge in [0.15, 0.2) is 11.5 Å². The van der Waals surface area contributed by atoms with Gasteiger partial charge in [0.25, 0.3) is 0 Å². The first kappa shape index (κ1) is 22.3. The number of rotatable bonds is 6. The molecule has 0 saturated heterocycles. The SMILES string of the molecule is COC(=O)CCCC(=O)c1cc(-c2cn(C(=O)OC(C)(C)C)c3c(F)cccc23)co1. The van der Waals surface area contributed by atoms with Crippen LogP contribution in [0.5, 0.6) is 0 Å². The number of esters is 1. The van der Waals surface area contributed by atoms with Crippen LogP contribution in [0.4, 0.5) is 9.18 Å². The van der Waals surface area contributed by atoms with Crippen molar-refractivity contribution in [3.63, 3.8) is 0 Å². The molecule has 164 valence electrons. The summed E-state index contributed by atoms with van der Waals surface area (Å²) in [4.78, 5) is 36.2. The van der Waals surface area contributed by atoms with E-state index >= 15 is 0 Å². The lowest BCUT2D eigenvalue weighted by Crippen LogP contribution is -2.26. The first-order valence-corrected chi connectivity index (χ1v) is 9.82. The van der Waals surface area contributed by atoms with Crippen molar-refractivity contribution in [3.05, 3.63) is 48.3 Å². The van der Waals surface area contributed by atoms with Gasteiger partial charge < -0.3 is 13.9 Å². The number of para-hydroxylation sites is 1. The molecule has 0 aliphatic carbocycles. The number of hydrogen-bond acceptors (Lipinski definition) is 6. The Labute approximate surface area is 178 Å². The summed E-state index contributed by atoms with van der Waals surface area (Å²) in [6.45, 7) is 5.17. The van der Waals surface area contributed by atoms with E-state index in [4.69, 9.17) is 9.15 Å². The Bertz CT molecular complexity index is 1130. The third kappa shape index (κ3) is 5.02. The number of carbonyl (C=O) groups is 3. The van der Waals surface area contributed by atoms with E-state index in [0.29, 0.717) is 22.9 Å². The summed E-state index contributed by atoms with van der Waals surface area (Å²) in [5.41, 5.74) is 0.379. The molecule has 1 aromatic carbocycles. The van der Waals surface area contributed by atoms with E-state index in [0.717, 1.165) is 4.57 Å². The molecule has 0 saturated carbocycles. The standard InChI is InChI=1S/C23H24FNO6/c1-23(2,3)31-22(28)25-12-16(15-7-5-8-17(24)21(15)25)14-11-19(30-13-14)18(26)9-6-10-20(27)29-4/h5,7-8,11-13H,6,9-10H2,1-4H3. The van der Waals surface area contributed by atoms with E-state index in [1.54, 1.807) is 39.0 Å². The number of methoxy groups -OCH3 is 1. The predicted molar refractivity (Wildman–Crippen MR) is 111 cm³/mol. The number of nitrogens with zero attached hydrogens (tertiary/aromatic N) is 1. The van der Waals surface area contributed by atoms with E-state index < -0.39 is 17.5 Å². The third-order valence-electron chi connectivity index (χ3n) is 4.56. The van der Waals surface area contributed by atoms with Gasteiger partial charge in [-0.1, -0.05) is 12.1 Å². The van der Waals surface area contributed by atoms with Gasteiger partial charge >= 0.3 is 12.1 Å². The van der Waals surface area contributed by atoms with Crippen LogP contribution in [0.15, 0.2) is 41.1 Å². The fourth-order valence-electron chi connectivity index (χ4n) is 3.17. The lowest BCUT2D eigenvalue weighted by molar-refractivity contribution is -0.140. The zero-order chi connectivity index (χ0) is 22.8. The zero-order valence-corrected chi connectivity index (χ0v) is 17.9. The van der Waals surface area contributed by atoms with Crippen LogP contribution < -0.4 is 0 Å². The average molecular weight is 429 g/mol. The lowest BCUT2D eigenvalue weighted by atomic mass is 10.1. The molecule has 0 aliphatic rings. The van der Waals surface area contributed by atoms with E-state index in [-0.39, 0.29) is 35.9 Å². The minimum absolute atomic E-state index is 0.0823. The van der Waals surface area contributed by atoms with Crippen LogP contribution in [0, 0.1) is 5.82 Å². The van der Waals surface area contributed by atoms with Crippen molar-refractivity contribution in [2.45, 2.75) is 45.6 Å². The summed E-state index contributed by atoms with van der Waals surface area (Å²) in [6, 6.07) is 6.03. The second-order valence-corrected chi connectivity index (χ2v) is 8.08. The molecule has 0 aliphatic heterocycles. The van der Waals surface area contributed by atoms with Gasteiger partial charge in [-0.25, -0.2) is 13.8 Å². The lowest BCUT2D eigenvalue weighted by Gasteiger charge is -2.19. The van der Waals surface area contributed by atoms with Crippen LogP contribution >= 0.6 is 0 Å². The number of fused-ring (bicyclic) bond motifs is 1. The Hall–Kier alpha value is -3.42. The van der Waals surface area contributed by atoms with Crippen molar-refractivity contribution in [2.24, 2.45) is 0 Å². The van der Waals surface area contributed by atoms with Gasteiger partial charge in [0.1, 0.15) is 11.4 Å². The highest BCUT2D eigenvalue weighted by atomic mass is 19.1. The van der Waals surface area contributed by atoms with Crippen LogP contribution in [-0.2, 0) is 14.3 Å². The van der Waals surface area contributed by atoms with Gasteiger partial charge in [0.05, 0.1) is 18.9 Å². The van der Waals surface area contributed by atoms with Crippen LogP contribution in [-0.4, -0.2) is 35.1 Å². The predicted octanol–water partition coefficient (Wildman–Crippen LogP) is 5.35. The molecule has 31 heavy (non-hydrogen) atoms. The quantitative estimate of drug-likeness (QED) is 0.388. The number of carbonyl (C=O) groups excluding carboxylic acids is 3. The van der Waals surface area contributed by atoms with Gasteiger partial charge in [-0.15, -0.1) is 0 Å². The molecule has 0 atom stereocenters. The highest BCUT2D eigenvalue weighted by Crippen LogP contribution is 2.34. The molecule has 2 heterocycles. The molecule has 0 unspecified atom stereocenters. The normalized spacial score (nSPS) is 11.5. The minimum Gasteiger partial charge on any atom is -0.469 e. The molecule has 0 bridgehead atoms. The fraction of sp³-hybridized carbons (Fsp3) is 0.348. The molecule has 3 aromatic rings. The van der Waals surface area contributed by atoms with Crippen molar-refractivity contribution in [1.29, 1.82) is 0 Å². The first-order valence-electron chi connectivity index (χ1n) is 9.82. The summed E-state index contributed by atoms with van der Waals surface area (Å²) in [5.74, 6) is -1.10. The molecular weight excluding hydrogens is 405 g/mol. The van der Waals surface area contributed by atoms with Gasteiger partial charge in [-0.05, 0) is 39.3 Å². The minimum atomic E-state index is -0.751. The van der Waals surface area contributed by atoms with Crippen molar-refractivity contribution in [2.75, 3.05) is 7.11 Å². The van der Waals surface area contributed by atoms with Gasteiger partial charge in [0, 0.05) is 35.6 Å². The molecule has 7 nitrogen and oxygen atoms in total. The largest absolute Gasteiger partial charge is 0.469 e. The Balaban J connectivity index is 1.92. The van der Waals surface area contributed by atoms with Crippen LogP contribution in [0.1, 0.15) is 50.6 Å². The van der Waals surface area contributed by atoms with Crippen molar-refractivity contribution >= 4 is 28.7 Å². The second-order valence-electron chi connectivity index (χ2n) is 8.08. The van der Waals surface area contributed by atoms with Gasteiger partial charge in [-0.3, -0.25) is 9.59 Å². The number of ether oxygens (including phenoxy) is 2. The fourth-order valence-corrected chi connectivity index (χ4v) is 3.17. The van der Waals surface area contributed by atoms with E-state index in [2.05, 4.69) is 4.74 Å². The van der Waals surface area contributed by atoms with E-state index in [1.807, 2.05) is 0 Å². The van der Waals surface area contributed by atoms with Gasteiger partial charge in [-0.2, -0.15) is 0 Å². The van der Waals surface area contributed by atoms with Gasteiger partial charge in [0.2, 0.25) is 0 Å². The van der Waals surface area contributed by atoms with Crippen LogP contribution in [0.2, 0.25) is 0 Å². The topological polar surface area (TPSA) is 87.7 Å². The first-order chi connectivity index (χ1) is 14.6. The van der Waals surface area contributed by atoms with E-state index in [1.165, 1.54) is 25.6 Å². The van der Waals surface area contributed by atoms with Crippen LogP contribution in [0.25, 0.3) is 22.0 Å². The number of benzene rings is 1. The Morgan fingerprint density at radius 3 is 2.58 bits per heavy atom. The number of furan rings is 1. The second kappa shape index (κ2) is 8.75. The maximum atomic E-state index is 14.6. The summed E-state index contributed by atoms with van der Waals surface area (Å²) in [7, 11) is 1.29. The highest BCUT2D eigenvalue weighted by Gasteiger charge is 2.24. The van der Waals surface area contributed by atoms with Crippen molar-refractivity contribution in [3.8, 4) is 11.1 Å². The molecule has 0 amide bonds. The van der Waals surface area contributed by atoms with E-state index in [9.17, 15) is 18.8 Å². The molecule has 2 aromatic heterocycles. The summed E-state index contributed by atoms with van der Waals surface area (Å²) >= 11 is 0. The number of ketones is 1. The molecule has 0 N–H and O–H groups in total. The Morgan fingerprint density at radius 2 is 1.90 bits per heavy atom. The van der Waals surface area contributed by atoms with Crippen molar-refractivity contribution in [1.82, 2.24) is 4.57 Å². The van der Waals surface area contributed by atoms with Crippen molar-refractivity contribution < 1.29 is 32.7 Å². The molecular formula is C23H24FNO6. The smallest absolute Gasteiger partial charge is 0.419 e. The molecule has 0 radical (unpaired) electrons. The summed E-state index contributed by atoms with van der Waals surface area (Å²) in [6.07, 6.45) is 2.74. The zero-order valence-electron chi connectivity index (χ0n) is 17.9. The Kier molecular flexibility index (Phi) is 6.29. The maximum Gasteiger partial charge on any atom is 0.419 e. The molecule has 8 heteroatoms. The maximum absolute atomic E-state index is 14.6. The monoisotopic (exact) mass is 429 g/mol. The highest BCUT2D eigenvalue weighted by molar-refractivity contribution is 6.02. The molecule has 3 rings (SSSR count). The Morgan fingerprint density at radius 1 is 1.16 bits per heavy atom. The average Bonchev–Trinajstić information content (AvgIpc) is 3.32. The third-order valence-corrected chi connectivity index (χ3v) is 4.56. The number of Topliss-reactive ketones (excluding diaryl/α,β-unsaturated/α-hetero) is 1. The number of hydrogen-bond donors (Lipinski definition) is 0. The number of halogens is 1. The summed E-state index contributed by atoms with van der Waals surface area (Å²) < 4.78 is 31.1. The molecule has 0 fully saturated rings. The molecule has 0 spiro atoms. The van der Waals surface area contributed by atoms with Crippen LogP contribution in [0.3, 0.4) is 0 Å². The summed E-state index contributed by atoms with van der Waals surface area (Å²) in [5, 5.41) is 0.483.